The molecule has 0 aromatic heterocycles. The maximum atomic E-state index is 11.2. The van der Waals surface area contributed by atoms with Crippen molar-refractivity contribution in [2.24, 2.45) is 0 Å². The highest BCUT2D eigenvalue weighted by molar-refractivity contribution is 5.60. The summed E-state index contributed by atoms with van der Waals surface area (Å²) in [6, 6.07) is 9.23. The van der Waals surface area contributed by atoms with Gasteiger partial charge >= 0.3 is 6.16 Å². The van der Waals surface area contributed by atoms with Crippen LogP contribution in [0, 0.1) is 0 Å². The molecule has 104 valence electrons. The lowest BCUT2D eigenvalue weighted by atomic mass is 10.1. The van der Waals surface area contributed by atoms with E-state index >= 15 is 0 Å². The van der Waals surface area contributed by atoms with Crippen LogP contribution in [0.4, 0.5) is 4.79 Å². The van der Waals surface area contributed by atoms with E-state index in [1.54, 1.807) is 32.9 Å². The molecule has 0 fully saturated rings. The fourth-order valence-electron chi connectivity index (χ4n) is 1.34. The van der Waals surface area contributed by atoms with Gasteiger partial charge in [-0.25, -0.2) is 4.79 Å². The van der Waals surface area contributed by atoms with Crippen molar-refractivity contribution < 1.29 is 19.4 Å². The van der Waals surface area contributed by atoms with Crippen molar-refractivity contribution in [2.45, 2.75) is 32.5 Å². The zero-order valence-corrected chi connectivity index (χ0v) is 11.5. The molecule has 0 bridgehead atoms. The average Bonchev–Trinajstić information content (AvgIpc) is 2.33. The van der Waals surface area contributed by atoms with Crippen molar-refractivity contribution in [3.63, 3.8) is 0 Å². The summed E-state index contributed by atoms with van der Waals surface area (Å²) in [5.74, 6) is 0. The predicted molar refractivity (Wildman–Crippen MR) is 72.7 cm³/mol. The van der Waals surface area contributed by atoms with Crippen LogP contribution in [0.15, 0.2) is 42.5 Å². The van der Waals surface area contributed by atoms with E-state index in [1.807, 2.05) is 30.3 Å². The molecule has 0 aliphatic heterocycles. The molecule has 4 nitrogen and oxygen atoms in total. The fraction of sp³-hybridized carbons (Fsp3) is 0.400. The van der Waals surface area contributed by atoms with Gasteiger partial charge in [0.15, 0.2) is 0 Å². The Balaban J connectivity index is 2.33. The minimum atomic E-state index is -0.716. The highest BCUT2D eigenvalue weighted by Crippen LogP contribution is 2.13. The maximum absolute atomic E-state index is 11.2. The van der Waals surface area contributed by atoms with Gasteiger partial charge in [-0.1, -0.05) is 36.4 Å². The molecule has 19 heavy (non-hydrogen) atoms. The second-order valence-electron chi connectivity index (χ2n) is 5.06. The molecule has 0 aliphatic carbocycles. The topological polar surface area (TPSA) is 55.8 Å². The second-order valence-corrected chi connectivity index (χ2v) is 5.06. The first-order valence-corrected chi connectivity index (χ1v) is 6.14. The van der Waals surface area contributed by atoms with Gasteiger partial charge in [0.25, 0.3) is 0 Å². The van der Waals surface area contributed by atoms with Crippen LogP contribution in [-0.2, 0) is 9.47 Å². The summed E-state index contributed by atoms with van der Waals surface area (Å²) >= 11 is 0. The van der Waals surface area contributed by atoms with Crippen LogP contribution in [0.3, 0.4) is 0 Å². The van der Waals surface area contributed by atoms with Gasteiger partial charge < -0.3 is 14.6 Å². The first-order chi connectivity index (χ1) is 8.88. The van der Waals surface area contributed by atoms with Gasteiger partial charge in [-0.3, -0.25) is 0 Å². The van der Waals surface area contributed by atoms with Crippen molar-refractivity contribution >= 4 is 6.16 Å². The molecule has 0 unspecified atom stereocenters. The molecule has 0 radical (unpaired) electrons. The maximum Gasteiger partial charge on any atom is 0.509 e. The van der Waals surface area contributed by atoms with Crippen LogP contribution in [0.2, 0.25) is 0 Å². The molecule has 0 amide bonds. The SMILES string of the molecule is CC(C)(C)OC(=O)OC/C=C\[C@@H](O)c1ccccc1. The molecule has 0 heterocycles. The number of hydrogen-bond donors (Lipinski definition) is 1. The van der Waals surface area contributed by atoms with Crippen LogP contribution >= 0.6 is 0 Å². The standard InChI is InChI=1S/C15H20O4/c1-15(2,3)19-14(17)18-11-7-10-13(16)12-8-5-4-6-9-12/h4-10,13,16H,11H2,1-3H3/b10-7-/t13-/m1/s1. The monoisotopic (exact) mass is 264 g/mol. The lowest BCUT2D eigenvalue weighted by Crippen LogP contribution is -2.24. The number of ether oxygens (including phenoxy) is 2. The lowest BCUT2D eigenvalue weighted by molar-refractivity contribution is -0.00251. The molecule has 0 saturated heterocycles. The molecule has 1 aromatic carbocycles. The van der Waals surface area contributed by atoms with Gasteiger partial charge in [-0.05, 0) is 32.4 Å². The molecule has 1 aromatic rings. The van der Waals surface area contributed by atoms with Crippen LogP contribution < -0.4 is 0 Å². The first-order valence-electron chi connectivity index (χ1n) is 6.14. The highest BCUT2D eigenvalue weighted by atomic mass is 16.7. The summed E-state index contributed by atoms with van der Waals surface area (Å²) in [6.07, 6.45) is 1.73. The second kappa shape index (κ2) is 6.95. The van der Waals surface area contributed by atoms with Gasteiger partial charge in [-0.2, -0.15) is 0 Å². The van der Waals surface area contributed by atoms with E-state index in [-0.39, 0.29) is 6.61 Å². The highest BCUT2D eigenvalue weighted by Gasteiger charge is 2.16. The number of hydrogen-bond acceptors (Lipinski definition) is 4. The fourth-order valence-corrected chi connectivity index (χ4v) is 1.34. The Kier molecular flexibility index (Phi) is 5.57. The normalized spacial score (nSPS) is 13.3. The average molecular weight is 264 g/mol. The Morgan fingerprint density at radius 3 is 2.53 bits per heavy atom. The van der Waals surface area contributed by atoms with Crippen molar-refractivity contribution in [1.82, 2.24) is 0 Å². The Morgan fingerprint density at radius 1 is 1.32 bits per heavy atom. The molecule has 1 N–H and O–H groups in total. The van der Waals surface area contributed by atoms with E-state index in [1.165, 1.54) is 0 Å². The molecule has 1 atom stereocenters. The van der Waals surface area contributed by atoms with Crippen molar-refractivity contribution in [3.05, 3.63) is 48.0 Å². The van der Waals surface area contributed by atoms with Gasteiger partial charge in [0.1, 0.15) is 12.2 Å². The van der Waals surface area contributed by atoms with Gasteiger partial charge in [0, 0.05) is 0 Å². The van der Waals surface area contributed by atoms with Crippen LogP contribution in [-0.4, -0.2) is 23.5 Å². The summed E-state index contributed by atoms with van der Waals surface area (Å²) in [4.78, 5) is 11.2. The Hall–Kier alpha value is -1.81. The van der Waals surface area contributed by atoms with Gasteiger partial charge in [0.2, 0.25) is 0 Å². The molecule has 0 saturated carbocycles. The summed E-state index contributed by atoms with van der Waals surface area (Å²) in [6.45, 7) is 5.37. The molecular weight excluding hydrogens is 244 g/mol. The number of rotatable bonds is 4. The number of carbonyl (C=O) groups is 1. The minimum Gasteiger partial charge on any atom is -0.430 e. The quantitative estimate of drug-likeness (QED) is 0.670. The third-order valence-electron chi connectivity index (χ3n) is 2.15. The summed E-state index contributed by atoms with van der Waals surface area (Å²) < 4.78 is 9.82. The van der Waals surface area contributed by atoms with E-state index < -0.39 is 17.9 Å². The van der Waals surface area contributed by atoms with Gasteiger partial charge in [-0.15, -0.1) is 0 Å². The predicted octanol–water partition coefficient (Wildman–Crippen LogP) is 3.23. The smallest absolute Gasteiger partial charge is 0.430 e. The summed E-state index contributed by atoms with van der Waals surface area (Å²) in [7, 11) is 0. The first kappa shape index (κ1) is 15.2. The third kappa shape index (κ3) is 6.62. The van der Waals surface area contributed by atoms with E-state index in [4.69, 9.17) is 9.47 Å². The van der Waals surface area contributed by atoms with Crippen molar-refractivity contribution in [3.8, 4) is 0 Å². The Bertz CT molecular complexity index is 418. The molecule has 0 spiro atoms. The molecule has 1 rings (SSSR count). The third-order valence-corrected chi connectivity index (χ3v) is 2.15. The number of carbonyl (C=O) groups excluding carboxylic acids is 1. The number of benzene rings is 1. The van der Waals surface area contributed by atoms with E-state index in [0.717, 1.165) is 5.56 Å². The van der Waals surface area contributed by atoms with Crippen LogP contribution in [0.25, 0.3) is 0 Å². The van der Waals surface area contributed by atoms with E-state index in [2.05, 4.69) is 0 Å². The Morgan fingerprint density at radius 2 is 1.95 bits per heavy atom. The summed E-state index contributed by atoms with van der Waals surface area (Å²) in [5.41, 5.74) is 0.223. The van der Waals surface area contributed by atoms with E-state index in [9.17, 15) is 9.90 Å². The van der Waals surface area contributed by atoms with Crippen LogP contribution in [0.5, 0.6) is 0 Å². The lowest BCUT2D eigenvalue weighted by Gasteiger charge is -2.18. The number of aliphatic hydroxyl groups excluding tert-OH is 1. The number of aliphatic hydroxyl groups is 1. The van der Waals surface area contributed by atoms with Gasteiger partial charge in [0.05, 0.1) is 6.10 Å². The zero-order chi connectivity index (χ0) is 14.3. The zero-order valence-electron chi connectivity index (χ0n) is 11.5. The van der Waals surface area contributed by atoms with Crippen LogP contribution in [0.1, 0.15) is 32.4 Å². The Labute approximate surface area is 113 Å². The summed E-state index contributed by atoms with van der Waals surface area (Å²) in [5, 5.41) is 9.81. The van der Waals surface area contributed by atoms with E-state index in [0.29, 0.717) is 0 Å². The largest absolute Gasteiger partial charge is 0.509 e. The molecule has 0 aliphatic rings. The van der Waals surface area contributed by atoms with Crippen molar-refractivity contribution in [2.75, 3.05) is 6.61 Å². The minimum absolute atomic E-state index is 0.0683. The molecular formula is C15H20O4. The molecule has 4 heteroatoms. The van der Waals surface area contributed by atoms with Crippen molar-refractivity contribution in [1.29, 1.82) is 0 Å².